The molecule has 0 saturated carbocycles. The zero-order valence-electron chi connectivity index (χ0n) is 15.5. The lowest BCUT2D eigenvalue weighted by Gasteiger charge is -2.36. The number of rotatable bonds is 3. The standard InChI is InChI=1S/C19H24FN5O2/c1-21-15-7-8-25(10-14(15)20)11-3-4-12-16(9-11)24(2)23-18(12)13-5-6-17(26)22-19(13)27/h3-4,9,13-15,21H,5-8,10H2,1-2H3,(H,22,26,27)/t13?,14-,15-/m1/s1. The van der Waals surface area contributed by atoms with E-state index in [0.29, 0.717) is 25.1 Å². The van der Waals surface area contributed by atoms with E-state index in [1.165, 1.54) is 0 Å². The maximum atomic E-state index is 14.3. The first-order chi connectivity index (χ1) is 13.0. The van der Waals surface area contributed by atoms with E-state index in [-0.39, 0.29) is 17.9 Å². The van der Waals surface area contributed by atoms with Gasteiger partial charge in [0.1, 0.15) is 6.17 Å². The molecule has 2 fully saturated rings. The molecule has 2 amide bonds. The number of aromatic nitrogens is 2. The Labute approximate surface area is 156 Å². The van der Waals surface area contributed by atoms with Crippen LogP contribution in [0.15, 0.2) is 18.2 Å². The van der Waals surface area contributed by atoms with Crippen molar-refractivity contribution in [2.24, 2.45) is 7.05 Å². The smallest absolute Gasteiger partial charge is 0.235 e. The molecule has 144 valence electrons. The van der Waals surface area contributed by atoms with Crippen molar-refractivity contribution in [2.45, 2.75) is 37.4 Å². The van der Waals surface area contributed by atoms with Crippen molar-refractivity contribution in [3.05, 3.63) is 23.9 Å². The third kappa shape index (κ3) is 3.18. The summed E-state index contributed by atoms with van der Waals surface area (Å²) in [7, 11) is 3.64. The summed E-state index contributed by atoms with van der Waals surface area (Å²) >= 11 is 0. The molecule has 2 saturated heterocycles. The van der Waals surface area contributed by atoms with Gasteiger partial charge in [-0.05, 0) is 38.1 Å². The lowest BCUT2D eigenvalue weighted by atomic mass is 9.92. The van der Waals surface area contributed by atoms with E-state index in [1.54, 1.807) is 11.7 Å². The van der Waals surface area contributed by atoms with Crippen molar-refractivity contribution in [1.82, 2.24) is 20.4 Å². The van der Waals surface area contributed by atoms with Crippen molar-refractivity contribution in [2.75, 3.05) is 25.0 Å². The third-order valence-electron chi connectivity index (χ3n) is 5.71. The number of carbonyl (C=O) groups is 2. The summed E-state index contributed by atoms with van der Waals surface area (Å²) in [5.74, 6) is -0.937. The summed E-state index contributed by atoms with van der Waals surface area (Å²) in [6, 6.07) is 5.82. The van der Waals surface area contributed by atoms with Gasteiger partial charge in [0.25, 0.3) is 0 Å². The fourth-order valence-electron chi connectivity index (χ4n) is 4.15. The van der Waals surface area contributed by atoms with Gasteiger partial charge in [-0.25, -0.2) is 4.39 Å². The number of benzene rings is 1. The number of hydrogen-bond acceptors (Lipinski definition) is 5. The summed E-state index contributed by atoms with van der Waals surface area (Å²) in [4.78, 5) is 25.7. The van der Waals surface area contributed by atoms with Crippen molar-refractivity contribution < 1.29 is 14.0 Å². The van der Waals surface area contributed by atoms with Gasteiger partial charge in [0.05, 0.1) is 23.7 Å². The Balaban J connectivity index is 1.64. The summed E-state index contributed by atoms with van der Waals surface area (Å²) in [5, 5.41) is 10.9. The molecule has 0 aliphatic carbocycles. The molecular weight excluding hydrogens is 349 g/mol. The first-order valence-electron chi connectivity index (χ1n) is 9.34. The molecule has 1 unspecified atom stereocenters. The molecule has 0 spiro atoms. The first kappa shape index (κ1) is 17.9. The van der Waals surface area contributed by atoms with Crippen molar-refractivity contribution >= 4 is 28.4 Å². The topological polar surface area (TPSA) is 79.3 Å². The summed E-state index contributed by atoms with van der Waals surface area (Å²) in [5.41, 5.74) is 2.55. The SMILES string of the molecule is CN[C@@H]1CCN(c2ccc3c(C4CCC(=O)NC4=O)nn(C)c3c2)C[C@H]1F. The van der Waals surface area contributed by atoms with E-state index < -0.39 is 12.1 Å². The van der Waals surface area contributed by atoms with Crippen LogP contribution in [-0.2, 0) is 16.6 Å². The number of anilines is 1. The van der Waals surface area contributed by atoms with Crippen LogP contribution in [0.2, 0.25) is 0 Å². The number of halogens is 1. The molecule has 0 radical (unpaired) electrons. The van der Waals surface area contributed by atoms with E-state index in [2.05, 4.69) is 20.6 Å². The predicted octanol–water partition coefficient (Wildman–Crippen LogP) is 1.23. The number of alkyl halides is 1. The molecule has 1 aromatic carbocycles. The van der Waals surface area contributed by atoms with Crippen LogP contribution in [0.25, 0.3) is 10.9 Å². The second-order valence-electron chi connectivity index (χ2n) is 7.36. The van der Waals surface area contributed by atoms with Gasteiger partial charge in [-0.3, -0.25) is 19.6 Å². The minimum absolute atomic E-state index is 0.0965. The number of aryl methyl sites for hydroxylation is 1. The van der Waals surface area contributed by atoms with Gasteiger partial charge in [0.2, 0.25) is 11.8 Å². The number of nitrogens with one attached hydrogen (secondary N) is 2. The quantitative estimate of drug-likeness (QED) is 0.791. The van der Waals surface area contributed by atoms with Crippen LogP contribution in [0.4, 0.5) is 10.1 Å². The van der Waals surface area contributed by atoms with Crippen LogP contribution in [0.3, 0.4) is 0 Å². The lowest BCUT2D eigenvalue weighted by molar-refractivity contribution is -0.134. The summed E-state index contributed by atoms with van der Waals surface area (Å²) in [6.07, 6.45) is 0.637. The van der Waals surface area contributed by atoms with Crippen molar-refractivity contribution in [3.63, 3.8) is 0 Å². The van der Waals surface area contributed by atoms with E-state index in [4.69, 9.17) is 0 Å². The number of nitrogens with zero attached hydrogens (tertiary/aromatic N) is 3. The number of carbonyl (C=O) groups excluding carboxylic acids is 2. The number of piperidine rings is 2. The number of imide groups is 1. The maximum Gasteiger partial charge on any atom is 0.235 e. The van der Waals surface area contributed by atoms with Gasteiger partial charge in [0.15, 0.2) is 0 Å². The molecule has 27 heavy (non-hydrogen) atoms. The van der Waals surface area contributed by atoms with Crippen LogP contribution in [0, 0.1) is 0 Å². The fraction of sp³-hybridized carbons (Fsp3) is 0.526. The van der Waals surface area contributed by atoms with Crippen LogP contribution in [-0.4, -0.2) is 53.9 Å². The fourth-order valence-corrected chi connectivity index (χ4v) is 4.15. The highest BCUT2D eigenvalue weighted by atomic mass is 19.1. The molecule has 2 N–H and O–H groups in total. The highest BCUT2D eigenvalue weighted by Gasteiger charge is 2.32. The molecule has 3 heterocycles. The normalized spacial score (nSPS) is 26.5. The Kier molecular flexibility index (Phi) is 4.59. The molecule has 3 atom stereocenters. The van der Waals surface area contributed by atoms with Gasteiger partial charge >= 0.3 is 0 Å². The number of fused-ring (bicyclic) bond motifs is 1. The Bertz CT molecular complexity index is 896. The minimum atomic E-state index is -0.912. The molecule has 2 aliphatic rings. The van der Waals surface area contributed by atoms with Gasteiger partial charge in [0, 0.05) is 37.1 Å². The van der Waals surface area contributed by atoms with E-state index in [0.717, 1.165) is 29.6 Å². The van der Waals surface area contributed by atoms with Crippen molar-refractivity contribution in [1.29, 1.82) is 0 Å². The van der Waals surface area contributed by atoms with Crippen LogP contribution >= 0.6 is 0 Å². The first-order valence-corrected chi connectivity index (χ1v) is 9.34. The zero-order valence-corrected chi connectivity index (χ0v) is 15.5. The summed E-state index contributed by atoms with van der Waals surface area (Å²) in [6.45, 7) is 1.14. The van der Waals surface area contributed by atoms with E-state index in [9.17, 15) is 14.0 Å². The Morgan fingerprint density at radius 3 is 2.81 bits per heavy atom. The minimum Gasteiger partial charge on any atom is -0.368 e. The van der Waals surface area contributed by atoms with Crippen LogP contribution < -0.4 is 15.5 Å². The monoisotopic (exact) mass is 373 g/mol. The lowest BCUT2D eigenvalue weighted by Crippen LogP contribution is -2.49. The molecular formula is C19H24FN5O2. The zero-order chi connectivity index (χ0) is 19.1. The average molecular weight is 373 g/mol. The molecule has 4 rings (SSSR count). The van der Waals surface area contributed by atoms with E-state index in [1.807, 2.05) is 25.2 Å². The van der Waals surface area contributed by atoms with Crippen LogP contribution in [0.5, 0.6) is 0 Å². The highest BCUT2D eigenvalue weighted by Crippen LogP contribution is 2.33. The van der Waals surface area contributed by atoms with Gasteiger partial charge in [-0.1, -0.05) is 0 Å². The van der Waals surface area contributed by atoms with Gasteiger partial charge in [-0.15, -0.1) is 0 Å². The average Bonchev–Trinajstić information content (AvgIpc) is 2.97. The molecule has 1 aromatic heterocycles. The van der Waals surface area contributed by atoms with Gasteiger partial charge in [-0.2, -0.15) is 5.10 Å². The number of amides is 2. The molecule has 2 aromatic rings. The Morgan fingerprint density at radius 1 is 1.30 bits per heavy atom. The van der Waals surface area contributed by atoms with Gasteiger partial charge < -0.3 is 10.2 Å². The molecule has 2 aliphatic heterocycles. The second-order valence-corrected chi connectivity index (χ2v) is 7.36. The largest absolute Gasteiger partial charge is 0.368 e. The highest BCUT2D eigenvalue weighted by molar-refractivity contribution is 6.02. The predicted molar refractivity (Wildman–Crippen MR) is 100 cm³/mol. The Morgan fingerprint density at radius 2 is 2.11 bits per heavy atom. The summed E-state index contributed by atoms with van der Waals surface area (Å²) < 4.78 is 16.1. The van der Waals surface area contributed by atoms with E-state index >= 15 is 0 Å². The Hall–Kier alpha value is -2.48. The van der Waals surface area contributed by atoms with Crippen molar-refractivity contribution in [3.8, 4) is 0 Å². The molecule has 0 bridgehead atoms. The second kappa shape index (κ2) is 6.92. The number of hydrogen-bond donors (Lipinski definition) is 2. The maximum absolute atomic E-state index is 14.3. The molecule has 7 nitrogen and oxygen atoms in total. The molecule has 8 heteroatoms. The third-order valence-corrected chi connectivity index (χ3v) is 5.71. The van der Waals surface area contributed by atoms with Crippen LogP contribution in [0.1, 0.15) is 30.9 Å².